The van der Waals surface area contributed by atoms with Gasteiger partial charge in [-0.3, -0.25) is 19.2 Å². The number of aliphatic carboxylic acids is 1. The number of amides is 4. The fourth-order valence-electron chi connectivity index (χ4n) is 4.23. The first-order valence-electron chi connectivity index (χ1n) is 11.8. The molecule has 1 saturated heterocycles. The molecule has 198 valence electrons. The van der Waals surface area contributed by atoms with Crippen LogP contribution in [-0.4, -0.2) is 80.3 Å². The molecule has 4 amide bonds. The Morgan fingerprint density at radius 2 is 1.84 bits per heavy atom. The van der Waals surface area contributed by atoms with Gasteiger partial charge in [0.2, 0.25) is 23.6 Å². The van der Waals surface area contributed by atoms with Gasteiger partial charge in [-0.25, -0.2) is 9.78 Å². The van der Waals surface area contributed by atoms with Crippen molar-refractivity contribution in [2.75, 3.05) is 6.54 Å². The number of carbonyl (C=O) groups excluding carboxylic acids is 4. The molecule has 2 aromatic rings. The lowest BCUT2D eigenvalue weighted by Crippen LogP contribution is -2.57. The standard InChI is InChI=1S/C24H31N7O6/c25-16(11-20(26)32)21(33)29-17(10-15-12-27-13-28-15)23(35)31-8-4-7-19(31)22(34)30-18(24(36)37)9-14-5-2-1-3-6-14/h1-3,5-6,12-13,16-19H,4,7-11,25H2,(H2,26,32)(H,27,28)(H,29,33)(H,30,34)(H,36,37). The number of H-pyrrole nitrogens is 1. The molecule has 1 fully saturated rings. The van der Waals surface area contributed by atoms with Gasteiger partial charge < -0.3 is 37.1 Å². The van der Waals surface area contributed by atoms with E-state index in [1.807, 2.05) is 0 Å². The van der Waals surface area contributed by atoms with Crippen LogP contribution in [0.1, 0.15) is 30.5 Å². The van der Waals surface area contributed by atoms with E-state index in [1.165, 1.54) is 17.4 Å². The Hall–Kier alpha value is -4.26. The smallest absolute Gasteiger partial charge is 0.326 e. The van der Waals surface area contributed by atoms with Crippen LogP contribution < -0.4 is 22.1 Å². The van der Waals surface area contributed by atoms with E-state index in [2.05, 4.69) is 20.6 Å². The molecule has 4 unspecified atom stereocenters. The summed E-state index contributed by atoms with van der Waals surface area (Å²) in [5.41, 5.74) is 12.1. The lowest BCUT2D eigenvalue weighted by atomic mass is 10.0. The second-order valence-corrected chi connectivity index (χ2v) is 8.90. The molecule has 13 nitrogen and oxygen atoms in total. The number of aromatic nitrogens is 2. The van der Waals surface area contributed by atoms with Gasteiger partial charge in [-0.1, -0.05) is 30.3 Å². The predicted molar refractivity (Wildman–Crippen MR) is 130 cm³/mol. The van der Waals surface area contributed by atoms with E-state index in [9.17, 15) is 29.1 Å². The summed E-state index contributed by atoms with van der Waals surface area (Å²) >= 11 is 0. The number of hydrogen-bond acceptors (Lipinski definition) is 7. The third kappa shape index (κ3) is 7.61. The molecule has 0 aliphatic carbocycles. The highest BCUT2D eigenvalue weighted by Crippen LogP contribution is 2.20. The van der Waals surface area contributed by atoms with Crippen molar-refractivity contribution in [2.45, 2.75) is 56.3 Å². The van der Waals surface area contributed by atoms with E-state index in [0.29, 0.717) is 18.5 Å². The van der Waals surface area contributed by atoms with Crippen LogP contribution in [0.2, 0.25) is 0 Å². The van der Waals surface area contributed by atoms with Gasteiger partial charge in [0, 0.05) is 31.3 Å². The molecule has 3 rings (SSSR count). The summed E-state index contributed by atoms with van der Waals surface area (Å²) in [4.78, 5) is 70.3. The molecule has 1 aromatic heterocycles. The normalized spacial score (nSPS) is 17.4. The van der Waals surface area contributed by atoms with Gasteiger partial charge in [-0.15, -0.1) is 0 Å². The molecule has 2 heterocycles. The van der Waals surface area contributed by atoms with Crippen molar-refractivity contribution in [3.8, 4) is 0 Å². The van der Waals surface area contributed by atoms with Crippen LogP contribution in [-0.2, 0) is 36.8 Å². The second kappa shape index (κ2) is 12.6. The van der Waals surface area contributed by atoms with Gasteiger partial charge in [0.15, 0.2) is 0 Å². The van der Waals surface area contributed by atoms with Crippen LogP contribution in [0, 0.1) is 0 Å². The lowest BCUT2D eigenvalue weighted by molar-refractivity contribution is -0.144. The zero-order valence-electron chi connectivity index (χ0n) is 20.1. The van der Waals surface area contributed by atoms with E-state index in [0.717, 1.165) is 5.56 Å². The van der Waals surface area contributed by atoms with E-state index in [1.54, 1.807) is 30.3 Å². The molecular formula is C24H31N7O6. The van der Waals surface area contributed by atoms with Crippen molar-refractivity contribution in [3.05, 3.63) is 54.1 Å². The van der Waals surface area contributed by atoms with Crippen molar-refractivity contribution in [1.29, 1.82) is 0 Å². The van der Waals surface area contributed by atoms with Crippen molar-refractivity contribution in [2.24, 2.45) is 11.5 Å². The van der Waals surface area contributed by atoms with Crippen molar-refractivity contribution in [1.82, 2.24) is 25.5 Å². The topological polar surface area (TPSA) is 214 Å². The zero-order valence-corrected chi connectivity index (χ0v) is 20.1. The molecule has 37 heavy (non-hydrogen) atoms. The number of hydrogen-bond donors (Lipinski definition) is 6. The number of imidazole rings is 1. The summed E-state index contributed by atoms with van der Waals surface area (Å²) in [6.07, 6.45) is 3.48. The van der Waals surface area contributed by atoms with Crippen LogP contribution in [0.4, 0.5) is 0 Å². The highest BCUT2D eigenvalue weighted by Gasteiger charge is 2.39. The number of aromatic amines is 1. The maximum Gasteiger partial charge on any atom is 0.326 e. The number of benzene rings is 1. The molecule has 0 radical (unpaired) electrons. The van der Waals surface area contributed by atoms with Gasteiger partial charge in [0.1, 0.15) is 18.1 Å². The maximum absolute atomic E-state index is 13.5. The van der Waals surface area contributed by atoms with Crippen molar-refractivity contribution < 1.29 is 29.1 Å². The number of nitrogens with two attached hydrogens (primary N) is 2. The molecule has 1 aliphatic rings. The fraction of sp³-hybridized carbons (Fsp3) is 0.417. The minimum Gasteiger partial charge on any atom is -0.480 e. The van der Waals surface area contributed by atoms with Crippen LogP contribution in [0.5, 0.6) is 0 Å². The van der Waals surface area contributed by atoms with Crippen molar-refractivity contribution >= 4 is 29.6 Å². The molecule has 8 N–H and O–H groups in total. The van der Waals surface area contributed by atoms with E-state index < -0.39 is 60.2 Å². The largest absolute Gasteiger partial charge is 0.480 e. The Morgan fingerprint density at radius 3 is 2.46 bits per heavy atom. The van der Waals surface area contributed by atoms with Gasteiger partial charge in [0.05, 0.1) is 18.8 Å². The summed E-state index contributed by atoms with van der Waals surface area (Å²) in [7, 11) is 0. The highest BCUT2D eigenvalue weighted by atomic mass is 16.4. The molecule has 13 heteroatoms. The number of nitrogens with one attached hydrogen (secondary N) is 3. The van der Waals surface area contributed by atoms with E-state index >= 15 is 0 Å². The maximum atomic E-state index is 13.5. The summed E-state index contributed by atoms with van der Waals surface area (Å²) in [5, 5.41) is 14.8. The van der Waals surface area contributed by atoms with Crippen LogP contribution in [0.15, 0.2) is 42.9 Å². The monoisotopic (exact) mass is 513 g/mol. The molecule has 1 aromatic carbocycles. The summed E-state index contributed by atoms with van der Waals surface area (Å²) in [6, 6.07) is 4.43. The molecule has 0 spiro atoms. The number of rotatable bonds is 12. The molecule has 4 atom stereocenters. The molecule has 0 bridgehead atoms. The minimum atomic E-state index is -1.25. The Kier molecular flexibility index (Phi) is 9.33. The first-order valence-corrected chi connectivity index (χ1v) is 11.8. The number of nitrogens with zero attached hydrogens (tertiary/aromatic N) is 2. The van der Waals surface area contributed by atoms with Gasteiger partial charge in [0.25, 0.3) is 0 Å². The van der Waals surface area contributed by atoms with Gasteiger partial charge >= 0.3 is 5.97 Å². The molecule has 0 saturated carbocycles. The highest BCUT2D eigenvalue weighted by molar-refractivity contribution is 5.95. The Bertz CT molecular complexity index is 1110. The average molecular weight is 514 g/mol. The average Bonchev–Trinajstić information content (AvgIpc) is 3.55. The first-order chi connectivity index (χ1) is 17.7. The Balaban J connectivity index is 1.73. The van der Waals surface area contributed by atoms with E-state index in [-0.39, 0.29) is 19.4 Å². The SMILES string of the molecule is NC(=O)CC(N)C(=O)NC(Cc1cnc[nH]1)C(=O)N1CCCC1C(=O)NC(Cc1ccccc1)C(=O)O. The van der Waals surface area contributed by atoms with Crippen molar-refractivity contribution in [3.63, 3.8) is 0 Å². The third-order valence-electron chi connectivity index (χ3n) is 6.09. The Morgan fingerprint density at radius 1 is 1.11 bits per heavy atom. The zero-order chi connectivity index (χ0) is 26.9. The van der Waals surface area contributed by atoms with Crippen LogP contribution in [0.3, 0.4) is 0 Å². The Labute approximate surface area is 213 Å². The summed E-state index contributed by atoms with van der Waals surface area (Å²) in [5.74, 6) is -3.83. The number of carboxylic acids is 1. The lowest BCUT2D eigenvalue weighted by Gasteiger charge is -2.29. The van der Waals surface area contributed by atoms with Crippen LogP contribution in [0.25, 0.3) is 0 Å². The van der Waals surface area contributed by atoms with Crippen LogP contribution >= 0.6 is 0 Å². The summed E-state index contributed by atoms with van der Waals surface area (Å²) in [6.45, 7) is 0.246. The predicted octanol–water partition coefficient (Wildman–Crippen LogP) is -1.56. The number of primary amides is 1. The molecule has 1 aliphatic heterocycles. The molecular weight excluding hydrogens is 482 g/mol. The van der Waals surface area contributed by atoms with Gasteiger partial charge in [-0.05, 0) is 18.4 Å². The summed E-state index contributed by atoms with van der Waals surface area (Å²) < 4.78 is 0. The fourth-order valence-corrected chi connectivity index (χ4v) is 4.23. The quantitative estimate of drug-likeness (QED) is 0.195. The first kappa shape index (κ1) is 27.3. The number of carbonyl (C=O) groups is 5. The number of likely N-dealkylation sites (tertiary alicyclic amines) is 1. The third-order valence-corrected chi connectivity index (χ3v) is 6.09. The minimum absolute atomic E-state index is 0.0322. The van der Waals surface area contributed by atoms with E-state index in [4.69, 9.17) is 11.5 Å². The number of carboxylic acid groups (broad SMARTS) is 1. The second-order valence-electron chi connectivity index (χ2n) is 8.90. The van der Waals surface area contributed by atoms with Gasteiger partial charge in [-0.2, -0.15) is 0 Å².